The molecule has 0 bridgehead atoms. The number of esters is 1. The molecule has 0 unspecified atom stereocenters. The fraction of sp³-hybridized carbons (Fsp3) is 0.667. The summed E-state index contributed by atoms with van der Waals surface area (Å²) in [6, 6.07) is 0. The Morgan fingerprint density at radius 1 is 1.62 bits per heavy atom. The smallest absolute Gasteiger partial charge is 0.397 e. The van der Waals surface area contributed by atoms with E-state index in [2.05, 4.69) is 8.92 Å². The van der Waals surface area contributed by atoms with Crippen LogP contribution in [0.1, 0.15) is 25.7 Å². The minimum Gasteiger partial charge on any atom is -0.469 e. The van der Waals surface area contributed by atoms with Crippen LogP contribution in [0.25, 0.3) is 0 Å². The first-order valence-electron chi connectivity index (χ1n) is 4.81. The van der Waals surface area contributed by atoms with E-state index in [-0.39, 0.29) is 12.4 Å². The molecule has 0 aromatic rings. The van der Waals surface area contributed by atoms with Gasteiger partial charge in [0, 0.05) is 0 Å². The number of carbonyl (C=O) groups excluding carboxylic acids is 1. The second-order valence-electron chi connectivity index (χ2n) is 3.54. The number of rotatable bonds is 4. The summed E-state index contributed by atoms with van der Waals surface area (Å²) in [5.41, 5.74) is 0.905. The van der Waals surface area contributed by atoms with E-state index in [4.69, 9.17) is 4.55 Å². The van der Waals surface area contributed by atoms with Crippen LogP contribution in [-0.2, 0) is 24.1 Å². The Morgan fingerprint density at radius 3 is 2.75 bits per heavy atom. The molecule has 6 nitrogen and oxygen atoms in total. The highest BCUT2D eigenvalue weighted by atomic mass is 32.3. The Morgan fingerprint density at radius 2 is 2.31 bits per heavy atom. The minimum atomic E-state index is -4.39. The average Bonchev–Trinajstić information content (AvgIpc) is 2.18. The maximum Gasteiger partial charge on any atom is 0.397 e. The van der Waals surface area contributed by atoms with Crippen molar-refractivity contribution >= 4 is 16.4 Å². The van der Waals surface area contributed by atoms with Crippen LogP contribution < -0.4 is 0 Å². The zero-order valence-corrected chi connectivity index (χ0v) is 9.70. The first-order valence-corrected chi connectivity index (χ1v) is 6.17. The molecule has 0 heterocycles. The molecular formula is C9H14O6S. The average molecular weight is 250 g/mol. The predicted molar refractivity (Wildman–Crippen MR) is 55.0 cm³/mol. The summed E-state index contributed by atoms with van der Waals surface area (Å²) < 4.78 is 38.3. The third-order valence-corrected chi connectivity index (χ3v) is 2.83. The first-order chi connectivity index (χ1) is 7.40. The molecule has 1 atom stereocenters. The summed E-state index contributed by atoms with van der Waals surface area (Å²) >= 11 is 0. The maximum atomic E-state index is 11.0. The fourth-order valence-corrected chi connectivity index (χ4v) is 2.06. The molecule has 0 aliphatic heterocycles. The number of methoxy groups -OCH3 is 1. The van der Waals surface area contributed by atoms with E-state index >= 15 is 0 Å². The van der Waals surface area contributed by atoms with Crippen LogP contribution in [0, 0.1) is 0 Å². The van der Waals surface area contributed by atoms with Crippen LogP contribution >= 0.6 is 0 Å². The Kier molecular flexibility index (Phi) is 4.45. The van der Waals surface area contributed by atoms with Gasteiger partial charge in [-0.2, -0.15) is 8.42 Å². The van der Waals surface area contributed by atoms with Crippen molar-refractivity contribution in [1.29, 1.82) is 0 Å². The van der Waals surface area contributed by atoms with E-state index in [1.54, 1.807) is 6.08 Å². The lowest BCUT2D eigenvalue weighted by Crippen LogP contribution is -2.20. The van der Waals surface area contributed by atoms with Gasteiger partial charge in [-0.25, -0.2) is 4.18 Å². The Labute approximate surface area is 94.2 Å². The lowest BCUT2D eigenvalue weighted by molar-refractivity contribution is -0.139. The molecule has 0 fully saturated rings. The first kappa shape index (κ1) is 13.1. The summed E-state index contributed by atoms with van der Waals surface area (Å²) in [5, 5.41) is 0. The fourth-order valence-electron chi connectivity index (χ4n) is 1.54. The third-order valence-electron chi connectivity index (χ3n) is 2.31. The van der Waals surface area contributed by atoms with E-state index < -0.39 is 16.5 Å². The molecule has 0 spiro atoms. The molecule has 92 valence electrons. The summed E-state index contributed by atoms with van der Waals surface area (Å²) in [6.45, 7) is 0. The van der Waals surface area contributed by atoms with Crippen molar-refractivity contribution < 1.29 is 26.7 Å². The number of hydrogen-bond acceptors (Lipinski definition) is 5. The van der Waals surface area contributed by atoms with Gasteiger partial charge in [0.05, 0.1) is 19.6 Å². The molecule has 0 aromatic carbocycles. The molecule has 0 radical (unpaired) electrons. The van der Waals surface area contributed by atoms with Crippen molar-refractivity contribution in [2.75, 3.05) is 7.11 Å². The summed E-state index contributed by atoms with van der Waals surface area (Å²) in [4.78, 5) is 11.0. The molecule has 0 amide bonds. The highest BCUT2D eigenvalue weighted by Gasteiger charge is 2.21. The Balaban J connectivity index is 2.45. The molecule has 1 aliphatic rings. The number of ether oxygens (including phenoxy) is 1. The second kappa shape index (κ2) is 5.42. The number of carbonyl (C=O) groups is 1. The molecule has 0 saturated carbocycles. The van der Waals surface area contributed by atoms with Gasteiger partial charge in [-0.1, -0.05) is 11.6 Å². The molecule has 1 rings (SSSR count). The molecular weight excluding hydrogens is 236 g/mol. The van der Waals surface area contributed by atoms with Gasteiger partial charge in [0.2, 0.25) is 0 Å². The second-order valence-corrected chi connectivity index (χ2v) is 4.58. The zero-order valence-electron chi connectivity index (χ0n) is 8.88. The highest BCUT2D eigenvalue weighted by molar-refractivity contribution is 7.80. The molecule has 16 heavy (non-hydrogen) atoms. The molecule has 7 heteroatoms. The van der Waals surface area contributed by atoms with Crippen molar-refractivity contribution in [3.63, 3.8) is 0 Å². The van der Waals surface area contributed by atoms with Gasteiger partial charge in [-0.05, 0) is 19.3 Å². The lowest BCUT2D eigenvalue weighted by atomic mass is 9.95. The van der Waals surface area contributed by atoms with Crippen LogP contribution in [0.2, 0.25) is 0 Å². The monoisotopic (exact) mass is 250 g/mol. The molecule has 1 aliphatic carbocycles. The topological polar surface area (TPSA) is 89.9 Å². The van der Waals surface area contributed by atoms with Crippen molar-refractivity contribution in [2.45, 2.75) is 31.8 Å². The predicted octanol–water partition coefficient (Wildman–Crippen LogP) is 0.848. The highest BCUT2D eigenvalue weighted by Crippen LogP contribution is 2.23. The van der Waals surface area contributed by atoms with Gasteiger partial charge < -0.3 is 4.74 Å². The maximum absolute atomic E-state index is 11.0. The lowest BCUT2D eigenvalue weighted by Gasteiger charge is -2.19. The standard InChI is InChI=1S/C9H14O6S/c1-14-9(10)6-7-2-4-8(5-3-7)15-16(11,12)13/h2,8H,3-6H2,1H3,(H,11,12,13)/t8-/m1/s1. The van der Waals surface area contributed by atoms with Crippen molar-refractivity contribution in [3.8, 4) is 0 Å². The normalized spacial score (nSPS) is 21.4. The van der Waals surface area contributed by atoms with Gasteiger partial charge in [-0.3, -0.25) is 9.35 Å². The van der Waals surface area contributed by atoms with Gasteiger partial charge in [-0.15, -0.1) is 0 Å². The van der Waals surface area contributed by atoms with Crippen LogP contribution in [0.5, 0.6) is 0 Å². The van der Waals surface area contributed by atoms with Gasteiger partial charge >= 0.3 is 16.4 Å². The quantitative estimate of drug-likeness (QED) is 0.452. The van der Waals surface area contributed by atoms with Crippen LogP contribution in [0.15, 0.2) is 11.6 Å². The summed E-state index contributed by atoms with van der Waals surface area (Å²) in [5.74, 6) is -0.319. The summed E-state index contributed by atoms with van der Waals surface area (Å²) in [7, 11) is -3.07. The van der Waals surface area contributed by atoms with E-state index in [9.17, 15) is 13.2 Å². The van der Waals surface area contributed by atoms with Crippen LogP contribution in [-0.4, -0.2) is 32.2 Å². The van der Waals surface area contributed by atoms with Crippen LogP contribution in [0.3, 0.4) is 0 Å². The minimum absolute atomic E-state index is 0.217. The molecule has 0 aromatic heterocycles. The van der Waals surface area contributed by atoms with Crippen molar-refractivity contribution in [1.82, 2.24) is 0 Å². The van der Waals surface area contributed by atoms with Gasteiger partial charge in [0.1, 0.15) is 0 Å². The molecule has 1 N–H and O–H groups in total. The van der Waals surface area contributed by atoms with E-state index in [0.29, 0.717) is 19.3 Å². The SMILES string of the molecule is COC(=O)CC1=CC[C@@H](OS(=O)(=O)O)CC1. The third kappa shape index (κ3) is 4.73. The van der Waals surface area contributed by atoms with Gasteiger partial charge in [0.25, 0.3) is 0 Å². The van der Waals surface area contributed by atoms with E-state index in [0.717, 1.165) is 5.57 Å². The van der Waals surface area contributed by atoms with Crippen LogP contribution in [0.4, 0.5) is 0 Å². The Hall–Kier alpha value is -0.920. The van der Waals surface area contributed by atoms with Gasteiger partial charge in [0.15, 0.2) is 0 Å². The van der Waals surface area contributed by atoms with E-state index in [1.807, 2.05) is 0 Å². The summed E-state index contributed by atoms with van der Waals surface area (Å²) in [6.07, 6.45) is 2.81. The van der Waals surface area contributed by atoms with E-state index in [1.165, 1.54) is 7.11 Å². The Bertz CT molecular complexity index is 383. The largest absolute Gasteiger partial charge is 0.469 e. The number of hydrogen-bond donors (Lipinski definition) is 1. The zero-order chi connectivity index (χ0) is 12.2. The van der Waals surface area contributed by atoms with Crippen molar-refractivity contribution in [3.05, 3.63) is 11.6 Å². The van der Waals surface area contributed by atoms with Crippen molar-refractivity contribution in [2.24, 2.45) is 0 Å². The molecule has 0 saturated heterocycles.